The molecule has 0 aliphatic carbocycles. The lowest BCUT2D eigenvalue weighted by Crippen LogP contribution is -2.29. The molecule has 0 aliphatic heterocycles. The maximum absolute atomic E-state index is 12.9. The van der Waals surface area contributed by atoms with Gasteiger partial charge in [-0.25, -0.2) is 4.98 Å². The number of aliphatic hydroxyl groups is 1. The van der Waals surface area contributed by atoms with Crippen molar-refractivity contribution < 1.29 is 14.5 Å². The third-order valence-corrected chi connectivity index (χ3v) is 6.02. The average Bonchev–Trinajstić information content (AvgIpc) is 2.81. The summed E-state index contributed by atoms with van der Waals surface area (Å²) in [7, 11) is 2.01. The summed E-state index contributed by atoms with van der Waals surface area (Å²) in [6.07, 6.45) is 2.79. The molecule has 0 aliphatic rings. The fourth-order valence-corrected chi connectivity index (χ4v) is 4.06. The van der Waals surface area contributed by atoms with E-state index < -0.39 is 0 Å². The molecule has 168 valence electrons. The zero-order valence-corrected chi connectivity index (χ0v) is 19.8. The van der Waals surface area contributed by atoms with Crippen LogP contribution in [0.5, 0.6) is 0 Å². The van der Waals surface area contributed by atoms with Gasteiger partial charge in [0.15, 0.2) is 12.0 Å². The van der Waals surface area contributed by atoms with Gasteiger partial charge in [-0.05, 0) is 52.8 Å². The van der Waals surface area contributed by atoms with Crippen LogP contribution in [0.4, 0.5) is 0 Å². The molecule has 0 fully saturated rings. The number of aryl methyl sites for hydroxylation is 1. The fraction of sp³-hybridized carbons (Fsp3) is 0.276. The number of ketones is 1. The summed E-state index contributed by atoms with van der Waals surface area (Å²) >= 11 is 0. The van der Waals surface area contributed by atoms with E-state index in [2.05, 4.69) is 55.7 Å². The molecule has 0 unspecified atom stereocenters. The van der Waals surface area contributed by atoms with Gasteiger partial charge in [-0.1, -0.05) is 57.2 Å². The van der Waals surface area contributed by atoms with Crippen LogP contribution in [0.25, 0.3) is 33.4 Å². The lowest BCUT2D eigenvalue weighted by atomic mass is 9.86. The molecule has 0 saturated carbocycles. The summed E-state index contributed by atoms with van der Waals surface area (Å²) in [5.41, 5.74) is 7.72. The summed E-state index contributed by atoms with van der Waals surface area (Å²) < 4.78 is 2.07. The van der Waals surface area contributed by atoms with Crippen molar-refractivity contribution >= 4 is 16.8 Å². The Kier molecular flexibility index (Phi) is 6.39. The minimum absolute atomic E-state index is 0.00855. The number of benzene rings is 3. The molecule has 4 heteroatoms. The number of para-hydroxylation sites is 2. The first-order chi connectivity index (χ1) is 15.8. The van der Waals surface area contributed by atoms with Crippen molar-refractivity contribution in [3.63, 3.8) is 0 Å². The van der Waals surface area contributed by atoms with Crippen LogP contribution in [0.1, 0.15) is 49.5 Å². The van der Waals surface area contributed by atoms with Gasteiger partial charge in [-0.2, -0.15) is 4.57 Å². The highest BCUT2D eigenvalue weighted by molar-refractivity contribution is 5.98. The first kappa shape index (κ1) is 22.8. The van der Waals surface area contributed by atoms with Crippen LogP contribution < -0.4 is 4.57 Å². The number of fused-ring (bicyclic) bond motifs is 1. The zero-order valence-electron chi connectivity index (χ0n) is 19.8. The molecule has 1 heterocycles. The monoisotopic (exact) mass is 439 g/mol. The van der Waals surface area contributed by atoms with Crippen LogP contribution >= 0.6 is 0 Å². The first-order valence-electron chi connectivity index (χ1n) is 11.4. The summed E-state index contributed by atoms with van der Waals surface area (Å²) in [4.78, 5) is 17.8. The number of hydrogen-bond acceptors (Lipinski definition) is 3. The molecule has 0 spiro atoms. The smallest absolute Gasteiger partial charge is 0.230 e. The van der Waals surface area contributed by atoms with E-state index in [9.17, 15) is 9.90 Å². The number of carbonyl (C=O) groups is 1. The van der Waals surface area contributed by atoms with Gasteiger partial charge >= 0.3 is 0 Å². The van der Waals surface area contributed by atoms with Crippen molar-refractivity contribution in [3.8, 4) is 22.4 Å². The van der Waals surface area contributed by atoms with Gasteiger partial charge in [0.05, 0.1) is 0 Å². The van der Waals surface area contributed by atoms with Crippen molar-refractivity contribution in [2.24, 2.45) is 7.05 Å². The Morgan fingerprint density at radius 2 is 1.64 bits per heavy atom. The van der Waals surface area contributed by atoms with Crippen molar-refractivity contribution in [1.29, 1.82) is 0 Å². The molecule has 33 heavy (non-hydrogen) atoms. The Balaban J connectivity index is 1.84. The summed E-state index contributed by atoms with van der Waals surface area (Å²) in [5.74, 6) is 0.0311. The van der Waals surface area contributed by atoms with E-state index in [0.717, 1.165) is 33.4 Å². The Labute approximate surface area is 195 Å². The normalized spacial score (nSPS) is 11.7. The SMILES string of the molecule is C[n+]1cc(-c2cc(C(=O)CCCO)cc(-c3ccc(C(C)(C)C)cc3)c2)nc2ccccc21. The highest BCUT2D eigenvalue weighted by atomic mass is 16.3. The molecule has 1 aromatic heterocycles. The molecular weight excluding hydrogens is 408 g/mol. The van der Waals surface area contributed by atoms with Crippen LogP contribution in [0.15, 0.2) is 72.9 Å². The lowest BCUT2D eigenvalue weighted by molar-refractivity contribution is -0.644. The van der Waals surface area contributed by atoms with E-state index in [1.807, 2.05) is 49.6 Å². The molecule has 0 saturated heterocycles. The highest BCUT2D eigenvalue weighted by Gasteiger charge is 2.17. The van der Waals surface area contributed by atoms with Gasteiger partial charge in [0.2, 0.25) is 5.52 Å². The number of Topliss-reactive ketones (excluding diaryl/α,β-unsaturated/α-hetero) is 1. The molecule has 0 radical (unpaired) electrons. The van der Waals surface area contributed by atoms with E-state index in [-0.39, 0.29) is 17.8 Å². The number of aliphatic hydroxyl groups excluding tert-OH is 1. The predicted molar refractivity (Wildman–Crippen MR) is 133 cm³/mol. The van der Waals surface area contributed by atoms with Crippen LogP contribution in [0.3, 0.4) is 0 Å². The zero-order chi connectivity index (χ0) is 23.6. The first-order valence-corrected chi connectivity index (χ1v) is 11.4. The van der Waals surface area contributed by atoms with E-state index in [1.54, 1.807) is 0 Å². The molecule has 0 bridgehead atoms. The second-order valence-corrected chi connectivity index (χ2v) is 9.60. The molecule has 4 rings (SSSR count). The quantitative estimate of drug-likeness (QED) is 0.312. The third kappa shape index (κ3) is 5.01. The topological polar surface area (TPSA) is 54.1 Å². The largest absolute Gasteiger partial charge is 0.396 e. The Hall–Kier alpha value is -3.37. The lowest BCUT2D eigenvalue weighted by Gasteiger charge is -2.19. The standard InChI is InChI=1S/C29H31N2O2/c1-29(2,3)24-13-11-20(12-14-24)21-16-22(18-23(17-21)28(33)10-7-15-32)26-19-31(4)27-9-6-5-8-25(27)30-26/h5-6,8-9,11-14,16-19,32H,7,10,15H2,1-4H3/q+1. The Morgan fingerprint density at radius 3 is 2.33 bits per heavy atom. The van der Waals surface area contributed by atoms with E-state index in [0.29, 0.717) is 18.4 Å². The maximum Gasteiger partial charge on any atom is 0.230 e. The van der Waals surface area contributed by atoms with Crippen LogP contribution in [0.2, 0.25) is 0 Å². The molecule has 0 atom stereocenters. The molecule has 1 N–H and O–H groups in total. The van der Waals surface area contributed by atoms with Crippen LogP contribution in [0, 0.1) is 0 Å². The second kappa shape index (κ2) is 9.24. The van der Waals surface area contributed by atoms with Gasteiger partial charge in [-0.15, -0.1) is 0 Å². The minimum atomic E-state index is 0.00855. The van der Waals surface area contributed by atoms with Gasteiger partial charge in [-0.3, -0.25) is 4.79 Å². The number of rotatable bonds is 6. The Morgan fingerprint density at radius 1 is 0.939 bits per heavy atom. The van der Waals surface area contributed by atoms with E-state index in [4.69, 9.17) is 4.98 Å². The van der Waals surface area contributed by atoms with E-state index >= 15 is 0 Å². The minimum Gasteiger partial charge on any atom is -0.396 e. The van der Waals surface area contributed by atoms with Gasteiger partial charge in [0.1, 0.15) is 18.3 Å². The molecule has 4 nitrogen and oxygen atoms in total. The second-order valence-electron chi connectivity index (χ2n) is 9.60. The number of hydrogen-bond donors (Lipinski definition) is 1. The van der Waals surface area contributed by atoms with Crippen molar-refractivity contribution in [2.45, 2.75) is 39.0 Å². The average molecular weight is 440 g/mol. The number of aromatic nitrogens is 2. The van der Waals surface area contributed by atoms with Crippen molar-refractivity contribution in [3.05, 3.63) is 84.1 Å². The summed E-state index contributed by atoms with van der Waals surface area (Å²) in [5, 5.41) is 9.19. The fourth-order valence-electron chi connectivity index (χ4n) is 4.06. The summed E-state index contributed by atoms with van der Waals surface area (Å²) in [6.45, 7) is 6.61. The Bertz CT molecular complexity index is 1300. The van der Waals surface area contributed by atoms with Crippen molar-refractivity contribution in [1.82, 2.24) is 4.98 Å². The molecule has 3 aromatic carbocycles. The molecule has 4 aromatic rings. The van der Waals surface area contributed by atoms with Crippen LogP contribution in [-0.2, 0) is 12.5 Å². The highest BCUT2D eigenvalue weighted by Crippen LogP contribution is 2.30. The van der Waals surface area contributed by atoms with Crippen molar-refractivity contribution in [2.75, 3.05) is 6.61 Å². The summed E-state index contributed by atoms with van der Waals surface area (Å²) in [6, 6.07) is 22.6. The third-order valence-electron chi connectivity index (χ3n) is 6.02. The predicted octanol–water partition coefficient (Wildman–Crippen LogP) is 5.65. The maximum atomic E-state index is 12.9. The van der Waals surface area contributed by atoms with Gasteiger partial charge in [0.25, 0.3) is 0 Å². The molecular formula is C29H31N2O2+. The van der Waals surface area contributed by atoms with Gasteiger partial charge in [0, 0.05) is 30.2 Å². The van der Waals surface area contributed by atoms with E-state index in [1.165, 1.54) is 5.56 Å². The van der Waals surface area contributed by atoms with Gasteiger partial charge < -0.3 is 5.11 Å². The molecule has 0 amide bonds. The van der Waals surface area contributed by atoms with Crippen LogP contribution in [-0.4, -0.2) is 22.5 Å². The number of carbonyl (C=O) groups excluding carboxylic acids is 1. The number of nitrogens with zero attached hydrogens (tertiary/aromatic N) is 2.